The number of nitrogens with zero attached hydrogens (tertiary/aromatic N) is 1. The van der Waals surface area contributed by atoms with E-state index in [1.54, 1.807) is 17.0 Å². The third-order valence-corrected chi connectivity index (χ3v) is 5.78. The second-order valence-corrected chi connectivity index (χ2v) is 9.01. The van der Waals surface area contributed by atoms with E-state index in [4.69, 9.17) is 4.42 Å². The fourth-order valence-corrected chi connectivity index (χ4v) is 4.07. The largest absolute Gasteiger partial charge is 0.459 e. The summed E-state index contributed by atoms with van der Waals surface area (Å²) in [5, 5.41) is 3.04. The van der Waals surface area contributed by atoms with Crippen molar-refractivity contribution in [1.29, 1.82) is 0 Å². The van der Waals surface area contributed by atoms with E-state index in [0.717, 1.165) is 12.8 Å². The number of nitrogens with one attached hydrogen (secondary N) is 1. The molecule has 2 amide bonds. The van der Waals surface area contributed by atoms with Crippen LogP contribution in [0.25, 0.3) is 0 Å². The van der Waals surface area contributed by atoms with E-state index in [9.17, 15) is 9.59 Å². The normalized spacial score (nSPS) is 16.9. The fraction of sp³-hybridized carbons (Fsp3) is 0.500. The van der Waals surface area contributed by atoms with Gasteiger partial charge < -0.3 is 14.6 Å². The molecule has 1 atom stereocenters. The minimum Gasteiger partial charge on any atom is -0.459 e. The number of hydrogen-bond donors (Lipinski definition) is 1. The van der Waals surface area contributed by atoms with Crippen LogP contribution in [0.5, 0.6) is 0 Å². The zero-order valence-corrected chi connectivity index (χ0v) is 18.2. The molecule has 0 bridgehead atoms. The first-order valence-corrected chi connectivity index (χ1v) is 10.4. The van der Waals surface area contributed by atoms with Gasteiger partial charge in [0.25, 0.3) is 5.91 Å². The SMILES string of the molecule is Cc1cc(C(C)(C)C)cc(C)c1CCNC(=O)[C@H]1CCCN1C(=O)c1ccco1. The summed E-state index contributed by atoms with van der Waals surface area (Å²) in [6, 6.07) is 7.42. The Bertz CT molecular complexity index is 855. The zero-order valence-electron chi connectivity index (χ0n) is 18.2. The van der Waals surface area contributed by atoms with E-state index < -0.39 is 6.04 Å². The number of hydrogen-bond acceptors (Lipinski definition) is 3. The van der Waals surface area contributed by atoms with Crippen LogP contribution in [-0.2, 0) is 16.6 Å². The molecule has 1 aromatic carbocycles. The van der Waals surface area contributed by atoms with Gasteiger partial charge in [0.05, 0.1) is 6.26 Å². The molecule has 0 unspecified atom stereocenters. The molecule has 29 heavy (non-hydrogen) atoms. The number of amides is 2. The van der Waals surface area contributed by atoms with Gasteiger partial charge in [-0.3, -0.25) is 9.59 Å². The Morgan fingerprint density at radius 2 is 1.90 bits per heavy atom. The van der Waals surface area contributed by atoms with Crippen molar-refractivity contribution in [2.75, 3.05) is 13.1 Å². The summed E-state index contributed by atoms with van der Waals surface area (Å²) in [6.45, 7) is 12.1. The highest BCUT2D eigenvalue weighted by Crippen LogP contribution is 2.27. The first kappa shape index (κ1) is 21.2. The highest BCUT2D eigenvalue weighted by Gasteiger charge is 2.35. The lowest BCUT2D eigenvalue weighted by atomic mass is 9.83. The van der Waals surface area contributed by atoms with Crippen LogP contribution >= 0.6 is 0 Å². The second-order valence-electron chi connectivity index (χ2n) is 9.01. The van der Waals surface area contributed by atoms with Crippen LogP contribution < -0.4 is 5.32 Å². The van der Waals surface area contributed by atoms with Gasteiger partial charge in [-0.15, -0.1) is 0 Å². The van der Waals surface area contributed by atoms with Gasteiger partial charge in [0.1, 0.15) is 6.04 Å². The molecule has 0 spiro atoms. The molecule has 0 radical (unpaired) electrons. The van der Waals surface area contributed by atoms with E-state index in [1.807, 2.05) is 0 Å². The maximum Gasteiger partial charge on any atom is 0.290 e. The molecule has 1 aliphatic rings. The Kier molecular flexibility index (Phi) is 6.15. The third kappa shape index (κ3) is 4.72. The Balaban J connectivity index is 1.60. The molecule has 0 aliphatic carbocycles. The monoisotopic (exact) mass is 396 g/mol. The maximum absolute atomic E-state index is 12.7. The average Bonchev–Trinajstić information content (AvgIpc) is 3.34. The summed E-state index contributed by atoms with van der Waals surface area (Å²) >= 11 is 0. The average molecular weight is 397 g/mol. The highest BCUT2D eigenvalue weighted by atomic mass is 16.3. The summed E-state index contributed by atoms with van der Waals surface area (Å²) in [7, 11) is 0. The lowest BCUT2D eigenvalue weighted by Crippen LogP contribution is -2.46. The lowest BCUT2D eigenvalue weighted by Gasteiger charge is -2.24. The van der Waals surface area contributed by atoms with Crippen molar-refractivity contribution in [3.63, 3.8) is 0 Å². The van der Waals surface area contributed by atoms with Crippen molar-refractivity contribution in [2.24, 2.45) is 0 Å². The van der Waals surface area contributed by atoms with Crippen molar-refractivity contribution in [1.82, 2.24) is 10.2 Å². The summed E-state index contributed by atoms with van der Waals surface area (Å²) in [5.41, 5.74) is 5.26. The Labute approximate surface area is 173 Å². The van der Waals surface area contributed by atoms with Crippen LogP contribution in [0.4, 0.5) is 0 Å². The van der Waals surface area contributed by atoms with Gasteiger partial charge in [-0.25, -0.2) is 0 Å². The molecule has 156 valence electrons. The second kappa shape index (κ2) is 8.44. The van der Waals surface area contributed by atoms with Crippen LogP contribution in [0.3, 0.4) is 0 Å². The smallest absolute Gasteiger partial charge is 0.290 e. The van der Waals surface area contributed by atoms with Crippen molar-refractivity contribution in [2.45, 2.75) is 65.3 Å². The standard InChI is InChI=1S/C24H32N2O3/c1-16-14-18(24(3,4)5)15-17(2)19(16)10-11-25-22(27)20-8-6-12-26(20)23(28)21-9-7-13-29-21/h7,9,13-15,20H,6,8,10-12H2,1-5H3,(H,25,27)/t20-/m1/s1. The summed E-state index contributed by atoms with van der Waals surface area (Å²) in [6.07, 6.45) is 3.79. The van der Waals surface area contributed by atoms with E-state index in [2.05, 4.69) is 52.1 Å². The maximum atomic E-state index is 12.7. The molecule has 1 saturated heterocycles. The highest BCUT2D eigenvalue weighted by molar-refractivity contribution is 5.95. The molecule has 5 nitrogen and oxygen atoms in total. The van der Waals surface area contributed by atoms with Gasteiger partial charge in [0.15, 0.2) is 5.76 Å². The molecule has 2 heterocycles. The fourth-order valence-electron chi connectivity index (χ4n) is 4.07. The van der Waals surface area contributed by atoms with Gasteiger partial charge in [-0.05, 0) is 72.9 Å². The molecule has 2 aromatic rings. The molecule has 1 fully saturated rings. The molecule has 0 saturated carbocycles. The topological polar surface area (TPSA) is 62.6 Å². The van der Waals surface area contributed by atoms with Gasteiger partial charge in [0, 0.05) is 13.1 Å². The third-order valence-electron chi connectivity index (χ3n) is 5.78. The van der Waals surface area contributed by atoms with E-state index >= 15 is 0 Å². The van der Waals surface area contributed by atoms with Crippen LogP contribution in [-0.4, -0.2) is 35.8 Å². The van der Waals surface area contributed by atoms with Crippen LogP contribution in [0.15, 0.2) is 34.9 Å². The molecular weight excluding hydrogens is 364 g/mol. The van der Waals surface area contributed by atoms with Gasteiger partial charge in [-0.1, -0.05) is 32.9 Å². The molecule has 5 heteroatoms. The minimum absolute atomic E-state index is 0.0796. The van der Waals surface area contributed by atoms with Crippen LogP contribution in [0.1, 0.15) is 66.4 Å². The molecule has 3 rings (SSSR count). The van der Waals surface area contributed by atoms with E-state index in [0.29, 0.717) is 19.5 Å². The number of likely N-dealkylation sites (tertiary alicyclic amines) is 1. The van der Waals surface area contributed by atoms with Crippen molar-refractivity contribution >= 4 is 11.8 Å². The lowest BCUT2D eigenvalue weighted by molar-refractivity contribution is -0.124. The van der Waals surface area contributed by atoms with Crippen molar-refractivity contribution < 1.29 is 14.0 Å². The van der Waals surface area contributed by atoms with Crippen molar-refractivity contribution in [3.8, 4) is 0 Å². The first-order chi connectivity index (χ1) is 13.7. The molecule has 1 aromatic heterocycles. The van der Waals surface area contributed by atoms with Gasteiger partial charge in [0.2, 0.25) is 5.91 Å². The Morgan fingerprint density at radius 1 is 1.21 bits per heavy atom. The Morgan fingerprint density at radius 3 is 2.48 bits per heavy atom. The minimum atomic E-state index is -0.418. The molecular formula is C24H32N2O3. The quantitative estimate of drug-likeness (QED) is 0.825. The van der Waals surface area contributed by atoms with Gasteiger partial charge >= 0.3 is 0 Å². The van der Waals surface area contributed by atoms with Gasteiger partial charge in [-0.2, -0.15) is 0 Å². The number of carbonyl (C=O) groups is 2. The summed E-state index contributed by atoms with van der Waals surface area (Å²) < 4.78 is 5.21. The first-order valence-electron chi connectivity index (χ1n) is 10.4. The number of rotatable bonds is 5. The Hall–Kier alpha value is -2.56. The summed E-state index contributed by atoms with van der Waals surface area (Å²) in [5.74, 6) is -0.00369. The predicted octanol–water partition coefficient (Wildman–Crippen LogP) is 4.16. The molecule has 1 aliphatic heterocycles. The van der Waals surface area contributed by atoms with Crippen molar-refractivity contribution in [3.05, 3.63) is 58.5 Å². The zero-order chi connectivity index (χ0) is 21.2. The number of aryl methyl sites for hydroxylation is 2. The van der Waals surface area contributed by atoms with Crippen LogP contribution in [0, 0.1) is 13.8 Å². The molecule has 1 N–H and O–H groups in total. The number of carbonyl (C=O) groups excluding carboxylic acids is 2. The summed E-state index contributed by atoms with van der Waals surface area (Å²) in [4.78, 5) is 26.9. The van der Waals surface area contributed by atoms with E-state index in [1.165, 1.54) is 28.5 Å². The van der Waals surface area contributed by atoms with Crippen LogP contribution in [0.2, 0.25) is 0 Å². The predicted molar refractivity (Wildman–Crippen MR) is 114 cm³/mol. The number of benzene rings is 1. The number of furan rings is 1. The van der Waals surface area contributed by atoms with E-state index in [-0.39, 0.29) is 23.0 Å².